The molecule has 0 aliphatic rings. The van der Waals surface area contributed by atoms with Crippen LogP contribution in [0.2, 0.25) is 0 Å². The number of likely N-dealkylation sites (N-methyl/N-ethyl adjacent to an activating group) is 1. The third-order valence-electron chi connectivity index (χ3n) is 3.45. The molecule has 3 nitrogen and oxygen atoms in total. The molecule has 2 rings (SSSR count). The lowest BCUT2D eigenvalue weighted by atomic mass is 10.0. The van der Waals surface area contributed by atoms with E-state index in [1.807, 2.05) is 11.7 Å². The summed E-state index contributed by atoms with van der Waals surface area (Å²) >= 11 is 3.47. The highest BCUT2D eigenvalue weighted by Crippen LogP contribution is 2.13. The smallest absolute Gasteiger partial charge is 0.0640 e. The monoisotopic (exact) mass is 335 g/mol. The Bertz CT molecular complexity index is 531. The van der Waals surface area contributed by atoms with Gasteiger partial charge in [0.05, 0.1) is 5.69 Å². The summed E-state index contributed by atoms with van der Waals surface area (Å²) in [4.78, 5) is 0. The van der Waals surface area contributed by atoms with Gasteiger partial charge in [-0.25, -0.2) is 0 Å². The molecule has 2 aromatic rings. The van der Waals surface area contributed by atoms with E-state index in [0.717, 1.165) is 23.0 Å². The highest BCUT2D eigenvalue weighted by molar-refractivity contribution is 9.10. The van der Waals surface area contributed by atoms with Crippen molar-refractivity contribution in [2.75, 3.05) is 7.05 Å². The summed E-state index contributed by atoms with van der Waals surface area (Å²) in [5.74, 6) is 0. The second-order valence-electron chi connectivity index (χ2n) is 5.40. The zero-order valence-electron chi connectivity index (χ0n) is 12.3. The summed E-state index contributed by atoms with van der Waals surface area (Å²) in [6.07, 6.45) is 4.02. The molecule has 1 atom stereocenters. The Kier molecular flexibility index (Phi) is 5.38. The van der Waals surface area contributed by atoms with Crippen LogP contribution in [-0.4, -0.2) is 22.9 Å². The Balaban J connectivity index is 1.99. The van der Waals surface area contributed by atoms with Gasteiger partial charge >= 0.3 is 0 Å². The third-order valence-corrected chi connectivity index (χ3v) is 3.98. The quantitative estimate of drug-likeness (QED) is 0.874. The Labute approximate surface area is 129 Å². The Morgan fingerprint density at radius 2 is 1.85 bits per heavy atom. The number of halogens is 1. The van der Waals surface area contributed by atoms with Crippen LogP contribution in [0.25, 0.3) is 0 Å². The minimum atomic E-state index is 0.409. The van der Waals surface area contributed by atoms with Crippen LogP contribution in [0.15, 0.2) is 41.0 Å². The van der Waals surface area contributed by atoms with Crippen LogP contribution in [0.3, 0.4) is 0 Å². The van der Waals surface area contributed by atoms with Crippen LogP contribution in [0.5, 0.6) is 0 Å². The van der Waals surface area contributed by atoms with Gasteiger partial charge in [-0.2, -0.15) is 5.10 Å². The second-order valence-corrected chi connectivity index (χ2v) is 6.32. The predicted octanol–water partition coefficient (Wildman–Crippen LogP) is 3.60. The fraction of sp³-hybridized carbons (Fsp3) is 0.438. The highest BCUT2D eigenvalue weighted by Gasteiger charge is 2.11. The molecule has 1 heterocycles. The minimum Gasteiger partial charge on any atom is -0.316 e. The van der Waals surface area contributed by atoms with Gasteiger partial charge in [0.15, 0.2) is 0 Å². The van der Waals surface area contributed by atoms with Crippen LogP contribution < -0.4 is 5.32 Å². The average Bonchev–Trinajstić information content (AvgIpc) is 2.89. The molecule has 1 aromatic carbocycles. The van der Waals surface area contributed by atoms with Crippen molar-refractivity contribution in [2.24, 2.45) is 0 Å². The summed E-state index contributed by atoms with van der Waals surface area (Å²) in [7, 11) is 2.02. The van der Waals surface area contributed by atoms with E-state index in [0.29, 0.717) is 12.1 Å². The average molecular weight is 336 g/mol. The lowest BCUT2D eigenvalue weighted by Gasteiger charge is -2.15. The zero-order valence-corrected chi connectivity index (χ0v) is 13.9. The van der Waals surface area contributed by atoms with Crippen molar-refractivity contribution in [1.82, 2.24) is 15.1 Å². The second kappa shape index (κ2) is 7.04. The maximum absolute atomic E-state index is 4.62. The van der Waals surface area contributed by atoms with Gasteiger partial charge in [-0.05, 0) is 51.1 Å². The molecule has 0 radical (unpaired) electrons. The first-order valence-electron chi connectivity index (χ1n) is 7.04. The molecule has 1 aromatic heterocycles. The topological polar surface area (TPSA) is 29.9 Å². The maximum Gasteiger partial charge on any atom is 0.0640 e. The molecule has 0 bridgehead atoms. The number of nitrogens with one attached hydrogen (secondary N) is 1. The third kappa shape index (κ3) is 4.18. The Morgan fingerprint density at radius 1 is 1.15 bits per heavy atom. The van der Waals surface area contributed by atoms with E-state index in [1.54, 1.807) is 0 Å². The van der Waals surface area contributed by atoms with Gasteiger partial charge in [-0.3, -0.25) is 4.68 Å². The SMILES string of the molecule is CNC(Cc1ccc(Br)cc1)Cc1ccn(C(C)C)n1. The number of nitrogens with zero attached hydrogens (tertiary/aromatic N) is 2. The number of aromatic nitrogens is 2. The maximum atomic E-state index is 4.62. The molecular weight excluding hydrogens is 314 g/mol. The molecule has 0 aliphatic carbocycles. The minimum absolute atomic E-state index is 0.409. The fourth-order valence-electron chi connectivity index (χ4n) is 2.21. The highest BCUT2D eigenvalue weighted by atomic mass is 79.9. The Morgan fingerprint density at radius 3 is 2.40 bits per heavy atom. The zero-order chi connectivity index (χ0) is 14.5. The summed E-state index contributed by atoms with van der Waals surface area (Å²) < 4.78 is 3.14. The number of hydrogen-bond donors (Lipinski definition) is 1. The summed E-state index contributed by atoms with van der Waals surface area (Å²) in [5.41, 5.74) is 2.49. The van der Waals surface area contributed by atoms with Crippen LogP contribution in [-0.2, 0) is 12.8 Å². The Hall–Kier alpha value is -1.13. The largest absolute Gasteiger partial charge is 0.316 e. The van der Waals surface area contributed by atoms with E-state index in [9.17, 15) is 0 Å². The van der Waals surface area contributed by atoms with Crippen molar-refractivity contribution >= 4 is 15.9 Å². The summed E-state index contributed by atoms with van der Waals surface area (Å²) in [6.45, 7) is 4.29. The molecule has 1 unspecified atom stereocenters. The van der Waals surface area contributed by atoms with Gasteiger partial charge in [-0.15, -0.1) is 0 Å². The number of rotatable bonds is 6. The molecule has 0 saturated carbocycles. The van der Waals surface area contributed by atoms with Crippen molar-refractivity contribution in [3.8, 4) is 0 Å². The lowest BCUT2D eigenvalue weighted by molar-refractivity contribution is 0.508. The first kappa shape index (κ1) is 15.3. The van der Waals surface area contributed by atoms with Crippen LogP contribution in [0.1, 0.15) is 31.1 Å². The summed E-state index contributed by atoms with van der Waals surface area (Å²) in [6, 6.07) is 11.5. The van der Waals surface area contributed by atoms with Gasteiger partial charge in [-0.1, -0.05) is 28.1 Å². The fourth-order valence-corrected chi connectivity index (χ4v) is 2.47. The molecule has 0 fully saturated rings. The molecule has 4 heteroatoms. The molecule has 0 aliphatic heterocycles. The lowest BCUT2D eigenvalue weighted by Crippen LogP contribution is -2.30. The van der Waals surface area contributed by atoms with E-state index < -0.39 is 0 Å². The number of benzene rings is 1. The van der Waals surface area contributed by atoms with Gasteiger partial charge in [0, 0.05) is 29.2 Å². The first-order chi connectivity index (χ1) is 9.58. The first-order valence-corrected chi connectivity index (χ1v) is 7.83. The van der Waals surface area contributed by atoms with E-state index in [-0.39, 0.29) is 0 Å². The van der Waals surface area contributed by atoms with Gasteiger partial charge in [0.25, 0.3) is 0 Å². The predicted molar refractivity (Wildman–Crippen MR) is 87.0 cm³/mol. The van der Waals surface area contributed by atoms with Gasteiger partial charge < -0.3 is 5.32 Å². The van der Waals surface area contributed by atoms with E-state index in [1.165, 1.54) is 5.56 Å². The van der Waals surface area contributed by atoms with Crippen LogP contribution in [0, 0.1) is 0 Å². The molecule has 1 N–H and O–H groups in total. The van der Waals surface area contributed by atoms with Crippen molar-refractivity contribution < 1.29 is 0 Å². The van der Waals surface area contributed by atoms with E-state index >= 15 is 0 Å². The van der Waals surface area contributed by atoms with Crippen molar-refractivity contribution in [3.05, 3.63) is 52.3 Å². The normalized spacial score (nSPS) is 12.8. The van der Waals surface area contributed by atoms with Gasteiger partial charge in [0.1, 0.15) is 0 Å². The van der Waals surface area contributed by atoms with Crippen LogP contribution >= 0.6 is 15.9 Å². The van der Waals surface area contributed by atoms with E-state index in [2.05, 4.69) is 76.7 Å². The molecule has 108 valence electrons. The van der Waals surface area contributed by atoms with Crippen molar-refractivity contribution in [3.63, 3.8) is 0 Å². The molecule has 0 amide bonds. The molecule has 0 saturated heterocycles. The van der Waals surface area contributed by atoms with Crippen molar-refractivity contribution in [2.45, 2.75) is 38.8 Å². The van der Waals surface area contributed by atoms with Gasteiger partial charge in [0.2, 0.25) is 0 Å². The van der Waals surface area contributed by atoms with Crippen molar-refractivity contribution in [1.29, 1.82) is 0 Å². The van der Waals surface area contributed by atoms with Crippen LogP contribution in [0.4, 0.5) is 0 Å². The molecule has 20 heavy (non-hydrogen) atoms. The molecule has 0 spiro atoms. The summed E-state index contributed by atoms with van der Waals surface area (Å²) in [5, 5.41) is 8.01. The standard InChI is InChI=1S/C16H22BrN3/c1-12(2)20-9-8-15(19-20)11-16(18-3)10-13-4-6-14(17)7-5-13/h4-9,12,16,18H,10-11H2,1-3H3. The number of hydrogen-bond acceptors (Lipinski definition) is 2. The van der Waals surface area contributed by atoms with E-state index in [4.69, 9.17) is 0 Å². The molecular formula is C16H22BrN3.